The molecule has 21 heavy (non-hydrogen) atoms. The zero-order valence-corrected chi connectivity index (χ0v) is 13.3. The number of nitrogens with zero attached hydrogens (tertiary/aromatic N) is 1. The van der Waals surface area contributed by atoms with Crippen molar-refractivity contribution in [1.29, 1.82) is 0 Å². The molecule has 108 valence electrons. The minimum absolute atomic E-state index is 0.250. The van der Waals surface area contributed by atoms with Crippen molar-refractivity contribution in [1.82, 2.24) is 5.43 Å². The van der Waals surface area contributed by atoms with Gasteiger partial charge in [-0.2, -0.15) is 5.10 Å². The van der Waals surface area contributed by atoms with Gasteiger partial charge in [-0.3, -0.25) is 4.79 Å². The molecule has 0 saturated heterocycles. The summed E-state index contributed by atoms with van der Waals surface area (Å²) < 4.78 is 5.97. The third kappa shape index (κ3) is 4.16. The van der Waals surface area contributed by atoms with Gasteiger partial charge >= 0.3 is 0 Å². The van der Waals surface area contributed by atoms with Gasteiger partial charge in [-0.05, 0) is 54.4 Å². The zero-order chi connectivity index (χ0) is 15.2. The summed E-state index contributed by atoms with van der Waals surface area (Å²) in [6, 6.07) is 12.8. The van der Waals surface area contributed by atoms with E-state index in [-0.39, 0.29) is 5.91 Å². The molecule has 0 aliphatic carbocycles. The first-order valence-electron chi connectivity index (χ1n) is 6.34. The first-order chi connectivity index (χ1) is 10.1. The number of ether oxygens (including phenoxy) is 1. The summed E-state index contributed by atoms with van der Waals surface area (Å²) in [7, 11) is 1.61. The molecular weight excluding hydrogens is 332 g/mol. The van der Waals surface area contributed by atoms with Gasteiger partial charge in [0.1, 0.15) is 5.75 Å². The Kier molecular flexibility index (Phi) is 5.11. The lowest BCUT2D eigenvalue weighted by atomic mass is 10.1. The van der Waals surface area contributed by atoms with Crippen LogP contribution in [0.3, 0.4) is 0 Å². The second-order valence-electron chi connectivity index (χ2n) is 4.44. The largest absolute Gasteiger partial charge is 0.497 e. The number of methoxy groups -OCH3 is 1. The fourth-order valence-electron chi connectivity index (χ4n) is 1.65. The molecule has 4 nitrogen and oxygen atoms in total. The topological polar surface area (TPSA) is 50.7 Å². The molecule has 0 spiro atoms. The predicted molar refractivity (Wildman–Crippen MR) is 86.9 cm³/mol. The Labute approximate surface area is 132 Å². The van der Waals surface area contributed by atoms with Gasteiger partial charge in [0.15, 0.2) is 0 Å². The smallest absolute Gasteiger partial charge is 0.271 e. The molecular formula is C16H15BrN2O2. The van der Waals surface area contributed by atoms with Crippen LogP contribution in [0, 0.1) is 6.92 Å². The molecule has 1 amide bonds. The summed E-state index contributed by atoms with van der Waals surface area (Å²) in [5, 5.41) is 3.94. The van der Waals surface area contributed by atoms with Crippen molar-refractivity contribution < 1.29 is 9.53 Å². The molecule has 0 radical (unpaired) electrons. The number of hydrogen-bond donors (Lipinski definition) is 1. The molecule has 0 fully saturated rings. The lowest BCUT2D eigenvalue weighted by Gasteiger charge is -2.03. The molecule has 0 aliphatic heterocycles. The maximum atomic E-state index is 11.9. The van der Waals surface area contributed by atoms with Crippen LogP contribution in [0.15, 0.2) is 52.0 Å². The van der Waals surface area contributed by atoms with Crippen LogP contribution in [-0.4, -0.2) is 19.2 Å². The number of nitrogens with one attached hydrogen (secondary N) is 1. The van der Waals surface area contributed by atoms with Crippen molar-refractivity contribution in [2.24, 2.45) is 5.10 Å². The SMILES string of the molecule is COc1ccc(C=NNC(=O)c2ccc(C)c(Br)c2)cc1. The maximum Gasteiger partial charge on any atom is 0.271 e. The predicted octanol–water partition coefficient (Wildman–Crippen LogP) is 3.53. The summed E-state index contributed by atoms with van der Waals surface area (Å²) in [6.45, 7) is 1.97. The van der Waals surface area contributed by atoms with E-state index in [1.807, 2.05) is 37.3 Å². The first-order valence-corrected chi connectivity index (χ1v) is 7.13. The number of benzene rings is 2. The van der Waals surface area contributed by atoms with Crippen molar-refractivity contribution in [3.63, 3.8) is 0 Å². The molecule has 2 aromatic carbocycles. The second-order valence-corrected chi connectivity index (χ2v) is 5.29. The van der Waals surface area contributed by atoms with E-state index >= 15 is 0 Å². The van der Waals surface area contributed by atoms with Crippen molar-refractivity contribution in [3.05, 3.63) is 63.6 Å². The highest BCUT2D eigenvalue weighted by atomic mass is 79.9. The highest BCUT2D eigenvalue weighted by Crippen LogP contribution is 2.17. The van der Waals surface area contributed by atoms with Crippen LogP contribution in [0.4, 0.5) is 0 Å². The van der Waals surface area contributed by atoms with Gasteiger partial charge in [0.2, 0.25) is 0 Å². The van der Waals surface area contributed by atoms with Crippen LogP contribution in [0.1, 0.15) is 21.5 Å². The molecule has 0 aliphatic rings. The molecule has 0 aromatic heterocycles. The molecule has 5 heteroatoms. The van der Waals surface area contributed by atoms with Gasteiger partial charge < -0.3 is 4.74 Å². The maximum absolute atomic E-state index is 11.9. The first kappa shape index (κ1) is 15.3. The molecule has 0 bridgehead atoms. The highest BCUT2D eigenvalue weighted by Gasteiger charge is 2.05. The summed E-state index contributed by atoms with van der Waals surface area (Å²) in [5.74, 6) is 0.529. The Balaban J connectivity index is 1.99. The number of amides is 1. The van der Waals surface area contributed by atoms with E-state index in [4.69, 9.17) is 4.74 Å². The average Bonchev–Trinajstić information content (AvgIpc) is 2.50. The second kappa shape index (κ2) is 7.04. The summed E-state index contributed by atoms with van der Waals surface area (Å²) in [4.78, 5) is 11.9. The van der Waals surface area contributed by atoms with E-state index in [0.717, 1.165) is 21.3 Å². The summed E-state index contributed by atoms with van der Waals surface area (Å²) in [6.07, 6.45) is 1.58. The van der Waals surface area contributed by atoms with Crippen molar-refractivity contribution in [2.75, 3.05) is 7.11 Å². The molecule has 2 rings (SSSR count). The Hall–Kier alpha value is -2.14. The van der Waals surface area contributed by atoms with Crippen LogP contribution in [-0.2, 0) is 0 Å². The minimum Gasteiger partial charge on any atom is -0.497 e. The van der Waals surface area contributed by atoms with Gasteiger partial charge in [0.25, 0.3) is 5.91 Å². The van der Waals surface area contributed by atoms with E-state index in [2.05, 4.69) is 26.5 Å². The molecule has 0 unspecified atom stereocenters. The van der Waals surface area contributed by atoms with Gasteiger partial charge in [0.05, 0.1) is 13.3 Å². The van der Waals surface area contributed by atoms with Gasteiger partial charge in [-0.1, -0.05) is 22.0 Å². The molecule has 1 N–H and O–H groups in total. The fourth-order valence-corrected chi connectivity index (χ4v) is 2.03. The van der Waals surface area contributed by atoms with Crippen LogP contribution in [0.25, 0.3) is 0 Å². The Morgan fingerprint density at radius 2 is 1.95 bits per heavy atom. The monoisotopic (exact) mass is 346 g/mol. The van der Waals surface area contributed by atoms with E-state index in [1.165, 1.54) is 0 Å². The number of hydrazone groups is 1. The van der Waals surface area contributed by atoms with Crippen molar-refractivity contribution in [2.45, 2.75) is 6.92 Å². The standard InChI is InChI=1S/C16H15BrN2O2/c1-11-3-6-13(9-15(11)17)16(20)19-18-10-12-4-7-14(21-2)8-5-12/h3-10H,1-2H3,(H,19,20). The normalized spacial score (nSPS) is 10.6. The Morgan fingerprint density at radius 3 is 2.57 bits per heavy atom. The molecule has 0 atom stereocenters. The fraction of sp³-hybridized carbons (Fsp3) is 0.125. The average molecular weight is 347 g/mol. The quantitative estimate of drug-likeness (QED) is 0.680. The number of rotatable bonds is 4. The van der Waals surface area contributed by atoms with E-state index in [1.54, 1.807) is 25.5 Å². The van der Waals surface area contributed by atoms with Gasteiger partial charge in [-0.15, -0.1) is 0 Å². The van der Waals surface area contributed by atoms with Crippen LogP contribution in [0.5, 0.6) is 5.75 Å². The zero-order valence-electron chi connectivity index (χ0n) is 11.8. The van der Waals surface area contributed by atoms with Gasteiger partial charge in [-0.25, -0.2) is 5.43 Å². The van der Waals surface area contributed by atoms with E-state index in [9.17, 15) is 4.79 Å². The van der Waals surface area contributed by atoms with Gasteiger partial charge in [0, 0.05) is 10.0 Å². The van der Waals surface area contributed by atoms with Crippen LogP contribution >= 0.6 is 15.9 Å². The van der Waals surface area contributed by atoms with E-state index in [0.29, 0.717) is 5.56 Å². The number of carbonyl (C=O) groups is 1. The summed E-state index contributed by atoms with van der Waals surface area (Å²) >= 11 is 3.40. The Bertz CT molecular complexity index is 666. The lowest BCUT2D eigenvalue weighted by Crippen LogP contribution is -2.17. The number of hydrogen-bond acceptors (Lipinski definition) is 3. The summed E-state index contributed by atoms with van der Waals surface area (Å²) in [5.41, 5.74) is 5.01. The third-order valence-electron chi connectivity index (χ3n) is 2.93. The number of aryl methyl sites for hydroxylation is 1. The number of carbonyl (C=O) groups excluding carboxylic acids is 1. The van der Waals surface area contributed by atoms with Crippen LogP contribution < -0.4 is 10.2 Å². The Morgan fingerprint density at radius 1 is 1.24 bits per heavy atom. The molecule has 0 saturated carbocycles. The third-order valence-corrected chi connectivity index (χ3v) is 3.78. The molecule has 2 aromatic rings. The van der Waals surface area contributed by atoms with Crippen molar-refractivity contribution in [3.8, 4) is 5.75 Å². The lowest BCUT2D eigenvalue weighted by molar-refractivity contribution is 0.0955. The number of halogens is 1. The van der Waals surface area contributed by atoms with Crippen molar-refractivity contribution >= 4 is 28.1 Å². The molecule has 0 heterocycles. The van der Waals surface area contributed by atoms with E-state index < -0.39 is 0 Å². The highest BCUT2D eigenvalue weighted by molar-refractivity contribution is 9.10. The van der Waals surface area contributed by atoms with Crippen LogP contribution in [0.2, 0.25) is 0 Å². The minimum atomic E-state index is -0.250.